The zero-order chi connectivity index (χ0) is 15.3. The van der Waals surface area contributed by atoms with Gasteiger partial charge in [0.25, 0.3) is 0 Å². The van der Waals surface area contributed by atoms with Crippen molar-refractivity contribution < 1.29 is 9.31 Å². The van der Waals surface area contributed by atoms with Gasteiger partial charge < -0.3 is 5.73 Å². The van der Waals surface area contributed by atoms with Crippen molar-refractivity contribution in [2.75, 3.05) is 6.54 Å². The highest BCUT2D eigenvalue weighted by Crippen LogP contribution is 2.37. The molecule has 116 valence electrons. The topological polar surface area (TPSA) is 69.2 Å². The van der Waals surface area contributed by atoms with Crippen LogP contribution in [0, 0.1) is 21.3 Å². The van der Waals surface area contributed by atoms with Crippen LogP contribution in [0.3, 0.4) is 0 Å². The Bertz CT molecular complexity index is 497. The molecule has 1 aromatic rings. The minimum Gasteiger partial charge on any atom is -0.330 e. The molecule has 1 saturated carbocycles. The van der Waals surface area contributed by atoms with Crippen LogP contribution < -0.4 is 5.73 Å². The van der Waals surface area contributed by atoms with Crippen molar-refractivity contribution in [3.63, 3.8) is 0 Å². The molecule has 0 atom stereocenters. The Morgan fingerprint density at radius 3 is 2.33 bits per heavy atom. The predicted molar refractivity (Wildman–Crippen MR) is 80.6 cm³/mol. The van der Waals surface area contributed by atoms with Gasteiger partial charge in [-0.1, -0.05) is 38.2 Å². The predicted octanol–water partition coefficient (Wildman–Crippen LogP) is 3.97. The monoisotopic (exact) mass is 294 g/mol. The van der Waals surface area contributed by atoms with Gasteiger partial charge in [-0.25, -0.2) is 0 Å². The standard InChI is InChI=1S/C16H23FN2O2/c17-14-10-13(6-7-15(14)19(20)21)11-16(12-18)8-4-2-1-3-5-9-16/h6-7,10H,1-5,8-9,11-12,18H2. The van der Waals surface area contributed by atoms with E-state index in [1.807, 2.05) is 0 Å². The molecular formula is C16H23FN2O2. The van der Waals surface area contributed by atoms with E-state index in [4.69, 9.17) is 5.73 Å². The maximum Gasteiger partial charge on any atom is 0.304 e. The van der Waals surface area contributed by atoms with E-state index in [-0.39, 0.29) is 5.41 Å². The Morgan fingerprint density at radius 1 is 1.19 bits per heavy atom. The number of nitro benzene ring substituents is 1. The van der Waals surface area contributed by atoms with E-state index in [1.54, 1.807) is 6.07 Å². The van der Waals surface area contributed by atoms with Gasteiger partial charge in [-0.3, -0.25) is 10.1 Å². The van der Waals surface area contributed by atoms with Crippen LogP contribution in [0.5, 0.6) is 0 Å². The van der Waals surface area contributed by atoms with Crippen molar-refractivity contribution in [2.45, 2.75) is 51.4 Å². The van der Waals surface area contributed by atoms with Crippen molar-refractivity contribution in [3.8, 4) is 0 Å². The van der Waals surface area contributed by atoms with Gasteiger partial charge in [0.05, 0.1) is 4.92 Å². The van der Waals surface area contributed by atoms with E-state index in [0.717, 1.165) is 31.2 Å². The van der Waals surface area contributed by atoms with E-state index >= 15 is 0 Å². The highest BCUT2D eigenvalue weighted by atomic mass is 19.1. The minimum atomic E-state index is -0.754. The lowest BCUT2D eigenvalue weighted by atomic mass is 9.72. The number of rotatable bonds is 4. The van der Waals surface area contributed by atoms with E-state index in [0.29, 0.717) is 13.0 Å². The number of benzene rings is 1. The van der Waals surface area contributed by atoms with E-state index in [9.17, 15) is 14.5 Å². The average molecular weight is 294 g/mol. The van der Waals surface area contributed by atoms with Gasteiger partial charge in [0.1, 0.15) is 0 Å². The second-order valence-corrected chi connectivity index (χ2v) is 6.19. The Hall–Kier alpha value is -1.49. The van der Waals surface area contributed by atoms with Crippen LogP contribution in [0.4, 0.5) is 10.1 Å². The van der Waals surface area contributed by atoms with Crippen molar-refractivity contribution in [3.05, 3.63) is 39.7 Å². The number of nitrogens with zero attached hydrogens (tertiary/aromatic N) is 1. The summed E-state index contributed by atoms with van der Waals surface area (Å²) in [7, 11) is 0. The molecule has 1 aromatic carbocycles. The van der Waals surface area contributed by atoms with Gasteiger partial charge in [-0.15, -0.1) is 0 Å². The first-order chi connectivity index (χ1) is 10.1. The highest BCUT2D eigenvalue weighted by molar-refractivity contribution is 5.35. The number of nitrogens with two attached hydrogens (primary N) is 1. The smallest absolute Gasteiger partial charge is 0.304 e. The van der Waals surface area contributed by atoms with E-state index in [1.165, 1.54) is 31.4 Å². The number of hydrogen-bond acceptors (Lipinski definition) is 3. The van der Waals surface area contributed by atoms with Gasteiger partial charge in [-0.05, 0) is 42.9 Å². The Labute approximate surface area is 124 Å². The van der Waals surface area contributed by atoms with Crippen LogP contribution in [-0.2, 0) is 6.42 Å². The van der Waals surface area contributed by atoms with E-state index in [2.05, 4.69) is 0 Å². The molecule has 1 fully saturated rings. The zero-order valence-electron chi connectivity index (χ0n) is 12.3. The summed E-state index contributed by atoms with van der Waals surface area (Å²) in [6, 6.07) is 4.23. The van der Waals surface area contributed by atoms with Crippen LogP contribution in [0.25, 0.3) is 0 Å². The molecule has 0 unspecified atom stereocenters. The summed E-state index contributed by atoms with van der Waals surface area (Å²) in [5.41, 5.74) is 6.39. The summed E-state index contributed by atoms with van der Waals surface area (Å²) in [6.07, 6.45) is 8.89. The van der Waals surface area contributed by atoms with Crippen molar-refractivity contribution in [1.82, 2.24) is 0 Å². The maximum atomic E-state index is 13.8. The van der Waals surface area contributed by atoms with Gasteiger partial charge >= 0.3 is 5.69 Å². The van der Waals surface area contributed by atoms with Gasteiger partial charge in [-0.2, -0.15) is 4.39 Å². The lowest BCUT2D eigenvalue weighted by molar-refractivity contribution is -0.387. The second kappa shape index (κ2) is 6.98. The molecule has 0 radical (unpaired) electrons. The summed E-state index contributed by atoms with van der Waals surface area (Å²) in [5, 5.41) is 10.7. The maximum absolute atomic E-state index is 13.8. The minimum absolute atomic E-state index is 0.0169. The van der Waals surface area contributed by atoms with Crippen molar-refractivity contribution in [1.29, 1.82) is 0 Å². The summed E-state index contributed by atoms with van der Waals surface area (Å²) in [6.45, 7) is 0.589. The first-order valence-electron chi connectivity index (χ1n) is 7.69. The molecule has 1 aliphatic rings. The fourth-order valence-corrected chi connectivity index (χ4v) is 3.35. The Morgan fingerprint density at radius 2 is 1.81 bits per heavy atom. The molecule has 0 aliphatic heterocycles. The molecule has 0 bridgehead atoms. The first-order valence-corrected chi connectivity index (χ1v) is 7.69. The molecule has 21 heavy (non-hydrogen) atoms. The third-order valence-electron chi connectivity index (χ3n) is 4.64. The van der Waals surface area contributed by atoms with Gasteiger partial charge in [0, 0.05) is 6.07 Å². The average Bonchev–Trinajstić information content (AvgIpc) is 2.42. The van der Waals surface area contributed by atoms with Crippen LogP contribution >= 0.6 is 0 Å². The summed E-state index contributed by atoms with van der Waals surface area (Å²) in [4.78, 5) is 9.98. The number of nitro groups is 1. The fourth-order valence-electron chi connectivity index (χ4n) is 3.35. The normalized spacial score (nSPS) is 18.8. The molecule has 0 saturated heterocycles. The molecule has 2 N–H and O–H groups in total. The second-order valence-electron chi connectivity index (χ2n) is 6.19. The lowest BCUT2D eigenvalue weighted by Gasteiger charge is -2.34. The Balaban J connectivity index is 2.17. The molecule has 2 rings (SSSR count). The highest BCUT2D eigenvalue weighted by Gasteiger charge is 2.29. The van der Waals surface area contributed by atoms with Gasteiger partial charge in [0.2, 0.25) is 5.82 Å². The molecule has 5 heteroatoms. The fraction of sp³-hybridized carbons (Fsp3) is 0.625. The Kier molecular flexibility index (Phi) is 5.28. The van der Waals surface area contributed by atoms with Crippen LogP contribution in [-0.4, -0.2) is 11.5 Å². The lowest BCUT2D eigenvalue weighted by Crippen LogP contribution is -2.33. The van der Waals surface area contributed by atoms with Crippen LogP contribution in [0.15, 0.2) is 18.2 Å². The third kappa shape index (κ3) is 4.00. The molecule has 0 aromatic heterocycles. The van der Waals surface area contributed by atoms with Crippen molar-refractivity contribution in [2.24, 2.45) is 11.1 Å². The summed E-state index contributed by atoms with van der Waals surface area (Å²) in [5.74, 6) is -0.754. The molecule has 1 aliphatic carbocycles. The van der Waals surface area contributed by atoms with E-state index < -0.39 is 16.4 Å². The molecule has 0 amide bonds. The number of halogens is 1. The quantitative estimate of drug-likeness (QED) is 0.675. The zero-order valence-corrected chi connectivity index (χ0v) is 12.3. The van der Waals surface area contributed by atoms with Gasteiger partial charge in [0.15, 0.2) is 0 Å². The molecule has 0 heterocycles. The molecule has 0 spiro atoms. The summed E-state index contributed by atoms with van der Waals surface area (Å²) < 4.78 is 13.8. The molecular weight excluding hydrogens is 271 g/mol. The van der Waals surface area contributed by atoms with Crippen molar-refractivity contribution >= 4 is 5.69 Å². The van der Waals surface area contributed by atoms with Crippen LogP contribution in [0.1, 0.15) is 50.5 Å². The third-order valence-corrected chi connectivity index (χ3v) is 4.64. The SMILES string of the molecule is NCC1(Cc2ccc([N+](=O)[O-])c(F)c2)CCCCCCC1. The largest absolute Gasteiger partial charge is 0.330 e. The number of hydrogen-bond donors (Lipinski definition) is 1. The first kappa shape index (κ1) is 15.9. The van der Waals surface area contributed by atoms with Crippen LogP contribution in [0.2, 0.25) is 0 Å². The molecule has 4 nitrogen and oxygen atoms in total. The summed E-state index contributed by atoms with van der Waals surface area (Å²) >= 11 is 0.